The number of para-hydroxylation sites is 1. The first-order valence-electron chi connectivity index (χ1n) is 6.19. The molecule has 0 fully saturated rings. The molecule has 1 rings (SSSR count). The summed E-state index contributed by atoms with van der Waals surface area (Å²) in [6, 6.07) is 9.81. The third-order valence-corrected chi connectivity index (χ3v) is 2.75. The molecule has 0 radical (unpaired) electrons. The molecule has 0 atom stereocenters. The third-order valence-electron chi connectivity index (χ3n) is 2.75. The van der Waals surface area contributed by atoms with Gasteiger partial charge in [-0.2, -0.15) is 5.26 Å². The molecule has 3 heteroatoms. The number of nitriles is 1. The Balaban J connectivity index is 2.33. The van der Waals surface area contributed by atoms with Crippen molar-refractivity contribution in [3.8, 4) is 6.07 Å². The molecule has 1 aromatic carbocycles. The molecule has 0 heterocycles. The maximum atomic E-state index is 8.94. The summed E-state index contributed by atoms with van der Waals surface area (Å²) >= 11 is 0. The van der Waals surface area contributed by atoms with E-state index in [0.29, 0.717) is 5.56 Å². The van der Waals surface area contributed by atoms with Crippen molar-refractivity contribution in [2.75, 3.05) is 32.0 Å². The number of benzene rings is 1. The Labute approximate surface area is 104 Å². The van der Waals surface area contributed by atoms with Crippen LogP contribution in [0.25, 0.3) is 0 Å². The highest BCUT2D eigenvalue weighted by Crippen LogP contribution is 2.12. The average molecular weight is 231 g/mol. The van der Waals surface area contributed by atoms with Crippen molar-refractivity contribution in [3.05, 3.63) is 29.8 Å². The molecule has 0 aromatic heterocycles. The van der Waals surface area contributed by atoms with E-state index in [1.54, 1.807) is 0 Å². The fourth-order valence-electron chi connectivity index (χ4n) is 1.66. The first kappa shape index (κ1) is 13.5. The molecule has 0 saturated heterocycles. The number of likely N-dealkylation sites (N-methyl/N-ethyl adjacent to an activating group) is 1. The second kappa shape index (κ2) is 7.70. The minimum Gasteiger partial charge on any atom is -0.383 e. The smallest absolute Gasteiger partial charge is 0.101 e. The highest BCUT2D eigenvalue weighted by atomic mass is 15.1. The van der Waals surface area contributed by atoms with Crippen LogP contribution in [0.3, 0.4) is 0 Å². The predicted octanol–water partition coefficient (Wildman–Crippen LogP) is 2.70. The van der Waals surface area contributed by atoms with Crippen LogP contribution in [-0.2, 0) is 0 Å². The number of hydrogen-bond acceptors (Lipinski definition) is 3. The number of rotatable bonds is 7. The van der Waals surface area contributed by atoms with Gasteiger partial charge in [-0.3, -0.25) is 0 Å². The molecule has 0 bridgehead atoms. The minimum atomic E-state index is 0.712. The molecule has 0 spiro atoms. The lowest BCUT2D eigenvalue weighted by atomic mass is 10.2. The summed E-state index contributed by atoms with van der Waals surface area (Å²) in [7, 11) is 2.13. The highest BCUT2D eigenvalue weighted by molar-refractivity contribution is 5.57. The molecule has 1 N–H and O–H groups in total. The zero-order chi connectivity index (χ0) is 12.5. The zero-order valence-electron chi connectivity index (χ0n) is 10.7. The molecule has 0 aliphatic carbocycles. The van der Waals surface area contributed by atoms with E-state index >= 15 is 0 Å². The van der Waals surface area contributed by atoms with Crippen LogP contribution < -0.4 is 5.32 Å². The van der Waals surface area contributed by atoms with Crippen molar-refractivity contribution >= 4 is 5.69 Å². The van der Waals surface area contributed by atoms with Gasteiger partial charge in [-0.25, -0.2) is 0 Å². The molecule has 92 valence electrons. The van der Waals surface area contributed by atoms with Gasteiger partial charge in [0.25, 0.3) is 0 Å². The Morgan fingerprint density at radius 2 is 2.06 bits per heavy atom. The normalized spacial score (nSPS) is 10.2. The standard InChI is InChI=1S/C14H21N3/c1-3-4-10-17(2)11-9-16-14-8-6-5-7-13(14)12-15/h5-8,16H,3-4,9-11H2,1-2H3. The molecule has 0 aliphatic heterocycles. The third kappa shape index (κ3) is 4.88. The number of nitrogens with one attached hydrogen (secondary N) is 1. The van der Waals surface area contributed by atoms with E-state index in [-0.39, 0.29) is 0 Å². The van der Waals surface area contributed by atoms with Gasteiger partial charge in [0.15, 0.2) is 0 Å². The lowest BCUT2D eigenvalue weighted by molar-refractivity contribution is 0.340. The summed E-state index contributed by atoms with van der Waals surface area (Å²) < 4.78 is 0. The van der Waals surface area contributed by atoms with Gasteiger partial charge in [-0.05, 0) is 32.1 Å². The van der Waals surface area contributed by atoms with E-state index in [9.17, 15) is 0 Å². The molecule has 0 saturated carbocycles. The van der Waals surface area contributed by atoms with Crippen LogP contribution in [0.4, 0.5) is 5.69 Å². The van der Waals surface area contributed by atoms with Gasteiger partial charge < -0.3 is 10.2 Å². The van der Waals surface area contributed by atoms with Gasteiger partial charge in [0, 0.05) is 13.1 Å². The summed E-state index contributed by atoms with van der Waals surface area (Å²) in [4.78, 5) is 2.31. The molecular weight excluding hydrogens is 210 g/mol. The highest BCUT2D eigenvalue weighted by Gasteiger charge is 2.00. The van der Waals surface area contributed by atoms with Crippen molar-refractivity contribution in [2.24, 2.45) is 0 Å². The molecular formula is C14H21N3. The van der Waals surface area contributed by atoms with Gasteiger partial charge in [0.1, 0.15) is 6.07 Å². The van der Waals surface area contributed by atoms with Gasteiger partial charge in [-0.1, -0.05) is 25.5 Å². The van der Waals surface area contributed by atoms with Gasteiger partial charge in [-0.15, -0.1) is 0 Å². The number of nitrogens with zero attached hydrogens (tertiary/aromatic N) is 2. The fourth-order valence-corrected chi connectivity index (χ4v) is 1.66. The summed E-state index contributed by atoms with van der Waals surface area (Å²) in [5.74, 6) is 0. The fraction of sp³-hybridized carbons (Fsp3) is 0.500. The monoisotopic (exact) mass is 231 g/mol. The average Bonchev–Trinajstić information content (AvgIpc) is 2.37. The van der Waals surface area contributed by atoms with E-state index in [0.717, 1.165) is 25.3 Å². The van der Waals surface area contributed by atoms with Crippen LogP contribution in [0.15, 0.2) is 24.3 Å². The first-order valence-corrected chi connectivity index (χ1v) is 6.19. The molecule has 1 aromatic rings. The summed E-state index contributed by atoms with van der Waals surface area (Å²) in [5, 5.41) is 12.3. The molecule has 0 aliphatic rings. The van der Waals surface area contributed by atoms with Crippen molar-refractivity contribution in [2.45, 2.75) is 19.8 Å². The van der Waals surface area contributed by atoms with Crippen molar-refractivity contribution in [1.82, 2.24) is 4.90 Å². The van der Waals surface area contributed by atoms with Crippen LogP contribution in [0, 0.1) is 11.3 Å². The van der Waals surface area contributed by atoms with E-state index < -0.39 is 0 Å². The van der Waals surface area contributed by atoms with Gasteiger partial charge in [0.2, 0.25) is 0 Å². The van der Waals surface area contributed by atoms with Crippen molar-refractivity contribution in [1.29, 1.82) is 5.26 Å². The second-order valence-corrected chi connectivity index (χ2v) is 4.24. The van der Waals surface area contributed by atoms with Crippen LogP contribution in [-0.4, -0.2) is 31.6 Å². The van der Waals surface area contributed by atoms with Crippen molar-refractivity contribution < 1.29 is 0 Å². The number of anilines is 1. The van der Waals surface area contributed by atoms with E-state index in [1.807, 2.05) is 24.3 Å². The summed E-state index contributed by atoms with van der Waals surface area (Å²) in [5.41, 5.74) is 1.64. The van der Waals surface area contributed by atoms with E-state index in [4.69, 9.17) is 5.26 Å². The largest absolute Gasteiger partial charge is 0.383 e. The van der Waals surface area contributed by atoms with Gasteiger partial charge in [0.05, 0.1) is 11.3 Å². The Morgan fingerprint density at radius 1 is 1.29 bits per heavy atom. The van der Waals surface area contributed by atoms with Crippen LogP contribution in [0.1, 0.15) is 25.3 Å². The number of unbranched alkanes of at least 4 members (excludes halogenated alkanes) is 1. The predicted molar refractivity (Wildman–Crippen MR) is 72.1 cm³/mol. The number of hydrogen-bond donors (Lipinski definition) is 1. The first-order chi connectivity index (χ1) is 8.27. The summed E-state index contributed by atoms with van der Waals surface area (Å²) in [6.07, 6.45) is 2.47. The SMILES string of the molecule is CCCCN(C)CCNc1ccccc1C#N. The van der Waals surface area contributed by atoms with Crippen LogP contribution in [0.2, 0.25) is 0 Å². The molecule has 3 nitrogen and oxygen atoms in total. The Hall–Kier alpha value is -1.53. The molecule has 0 unspecified atom stereocenters. The van der Waals surface area contributed by atoms with Crippen LogP contribution >= 0.6 is 0 Å². The topological polar surface area (TPSA) is 39.1 Å². The Kier molecular flexibility index (Phi) is 6.13. The van der Waals surface area contributed by atoms with Gasteiger partial charge >= 0.3 is 0 Å². The second-order valence-electron chi connectivity index (χ2n) is 4.24. The maximum Gasteiger partial charge on any atom is 0.101 e. The zero-order valence-corrected chi connectivity index (χ0v) is 10.7. The maximum absolute atomic E-state index is 8.94. The Bertz CT molecular complexity index is 368. The minimum absolute atomic E-state index is 0.712. The summed E-state index contributed by atoms with van der Waals surface area (Å²) in [6.45, 7) is 5.21. The Morgan fingerprint density at radius 3 is 2.76 bits per heavy atom. The molecule has 17 heavy (non-hydrogen) atoms. The lowest BCUT2D eigenvalue weighted by Gasteiger charge is -2.17. The van der Waals surface area contributed by atoms with Crippen molar-refractivity contribution in [3.63, 3.8) is 0 Å². The quantitative estimate of drug-likeness (QED) is 0.784. The molecule has 0 amide bonds. The lowest BCUT2D eigenvalue weighted by Crippen LogP contribution is -2.26. The van der Waals surface area contributed by atoms with Crippen LogP contribution in [0.5, 0.6) is 0 Å². The van der Waals surface area contributed by atoms with E-state index in [2.05, 4.69) is 30.3 Å². The van der Waals surface area contributed by atoms with E-state index in [1.165, 1.54) is 12.8 Å².